The largest absolute Gasteiger partial charge is 0.309 e. The topological polar surface area (TPSA) is 48.5 Å². The molecule has 66 heavy (non-hydrogen) atoms. The van der Waals surface area contributed by atoms with E-state index in [0.717, 1.165) is 71.3 Å². The Bertz CT molecular complexity index is 4200. The Labute approximate surface area is 379 Å². The summed E-state index contributed by atoms with van der Waals surface area (Å²) in [5.41, 5.74) is 9.81. The first-order chi connectivity index (χ1) is 32.7. The van der Waals surface area contributed by atoms with E-state index in [-0.39, 0.29) is 0 Å². The quantitative estimate of drug-likeness (QED) is 0.162. The van der Waals surface area contributed by atoms with E-state index < -0.39 is 0 Å². The molecule has 5 nitrogen and oxygen atoms in total. The molecule has 0 aliphatic carbocycles. The van der Waals surface area contributed by atoms with Crippen LogP contribution in [0.5, 0.6) is 0 Å². The Morgan fingerprint density at radius 3 is 1.30 bits per heavy atom. The van der Waals surface area contributed by atoms with Gasteiger partial charge in [-0.2, -0.15) is 9.97 Å². The lowest BCUT2D eigenvalue weighted by molar-refractivity contribution is 0.955. The van der Waals surface area contributed by atoms with Crippen LogP contribution in [0.2, 0.25) is 0 Å². The van der Waals surface area contributed by atoms with E-state index in [1.54, 1.807) is 0 Å². The Kier molecular flexibility index (Phi) is 7.91. The van der Waals surface area contributed by atoms with Gasteiger partial charge in [0, 0.05) is 38.4 Å². The number of fused-ring (bicyclic) bond motifs is 11. The summed E-state index contributed by atoms with van der Waals surface area (Å²) in [5, 5.41) is 14.2. The Hall–Kier alpha value is -8.93. The molecule has 0 saturated heterocycles. The highest BCUT2D eigenvalue weighted by atomic mass is 15.2. The maximum atomic E-state index is 5.34. The second-order valence-electron chi connectivity index (χ2n) is 17.2. The number of hydrogen-bond donors (Lipinski definition) is 0. The molecule has 0 amide bonds. The summed E-state index contributed by atoms with van der Waals surface area (Å²) in [5.74, 6) is 1.84. The molecule has 306 valence electrons. The van der Waals surface area contributed by atoms with Crippen molar-refractivity contribution >= 4 is 86.7 Å². The molecule has 5 heteroatoms. The van der Waals surface area contributed by atoms with Crippen molar-refractivity contribution < 1.29 is 0 Å². The van der Waals surface area contributed by atoms with Gasteiger partial charge in [0.2, 0.25) is 5.95 Å². The van der Waals surface area contributed by atoms with E-state index >= 15 is 0 Å². The standard InChI is InChI=1S/C61H37N5/c1-5-19-46-38(13-1)16-11-23-51(46)59-62-60(52-24-12-17-39-14-2-6-20-47(39)52)64-61(63-59)66-56-26-10-8-22-50(56)54-37-42(30-34-58(54)66)41-29-33-57-53(36-41)49-21-7-9-25-55(49)65(57)44-31-32-48-43(35-44)28-27-40-15-3-4-18-45(40)48/h1-37H. The number of aromatic nitrogens is 5. The van der Waals surface area contributed by atoms with Gasteiger partial charge in [-0.15, -0.1) is 0 Å². The smallest absolute Gasteiger partial charge is 0.238 e. The van der Waals surface area contributed by atoms with Gasteiger partial charge in [0.15, 0.2) is 11.6 Å². The maximum Gasteiger partial charge on any atom is 0.238 e. The van der Waals surface area contributed by atoms with Crippen LogP contribution in [-0.2, 0) is 0 Å². The molecule has 14 rings (SSSR count). The van der Waals surface area contributed by atoms with Crippen molar-refractivity contribution in [3.05, 3.63) is 224 Å². The lowest BCUT2D eigenvalue weighted by Gasteiger charge is -2.13. The summed E-state index contributed by atoms with van der Waals surface area (Å²) < 4.78 is 4.62. The predicted octanol–water partition coefficient (Wildman–Crippen LogP) is 15.7. The zero-order valence-electron chi connectivity index (χ0n) is 35.6. The van der Waals surface area contributed by atoms with Gasteiger partial charge in [0.25, 0.3) is 0 Å². The first-order valence-corrected chi connectivity index (χ1v) is 22.4. The fourth-order valence-electron chi connectivity index (χ4n) is 10.5. The number of para-hydroxylation sites is 2. The van der Waals surface area contributed by atoms with Crippen LogP contribution in [0, 0.1) is 0 Å². The molecular weight excluding hydrogens is 803 g/mol. The highest BCUT2D eigenvalue weighted by Crippen LogP contribution is 2.40. The maximum absolute atomic E-state index is 5.34. The molecule has 3 heterocycles. The zero-order chi connectivity index (χ0) is 43.3. The molecule has 0 spiro atoms. The molecule has 0 unspecified atom stereocenters. The number of nitrogens with zero attached hydrogens (tertiary/aromatic N) is 5. The SMILES string of the molecule is c1ccc2c(-c3nc(-c4cccc5ccccc45)nc(-n4c5ccccc5c5cc(-c6ccc7c(c6)c6ccccc6n7-c6ccc7c(ccc8ccccc87)c6)ccc54)n3)cccc2c1. The van der Waals surface area contributed by atoms with Crippen molar-refractivity contribution in [2.75, 3.05) is 0 Å². The fraction of sp³-hybridized carbons (Fsp3) is 0. The third kappa shape index (κ3) is 5.57. The summed E-state index contributed by atoms with van der Waals surface area (Å²) >= 11 is 0. The molecular formula is C61H37N5. The van der Waals surface area contributed by atoms with E-state index in [4.69, 9.17) is 15.0 Å². The number of hydrogen-bond acceptors (Lipinski definition) is 3. The van der Waals surface area contributed by atoms with Crippen molar-refractivity contribution in [1.82, 2.24) is 24.1 Å². The summed E-state index contributed by atoms with van der Waals surface area (Å²) in [7, 11) is 0. The lowest BCUT2D eigenvalue weighted by atomic mass is 10.0. The second-order valence-corrected chi connectivity index (χ2v) is 17.2. The minimum atomic E-state index is 0.575. The molecule has 0 aliphatic heterocycles. The highest BCUT2D eigenvalue weighted by molar-refractivity contribution is 6.14. The van der Waals surface area contributed by atoms with E-state index in [0.29, 0.717) is 17.6 Å². The van der Waals surface area contributed by atoms with Crippen LogP contribution in [0.3, 0.4) is 0 Å². The molecule has 11 aromatic carbocycles. The monoisotopic (exact) mass is 839 g/mol. The average molecular weight is 840 g/mol. The van der Waals surface area contributed by atoms with Gasteiger partial charge in [-0.3, -0.25) is 4.57 Å². The molecule has 14 aromatic rings. The van der Waals surface area contributed by atoms with Crippen LogP contribution < -0.4 is 0 Å². The summed E-state index contributed by atoms with van der Waals surface area (Å²) in [4.78, 5) is 15.9. The normalized spacial score (nSPS) is 11.9. The van der Waals surface area contributed by atoms with Gasteiger partial charge in [0.05, 0.1) is 22.1 Å². The van der Waals surface area contributed by atoms with Gasteiger partial charge in [-0.05, 0) is 103 Å². The molecule has 0 radical (unpaired) electrons. The summed E-state index contributed by atoms with van der Waals surface area (Å²) in [6, 6.07) is 80.6. The first kappa shape index (κ1) is 36.5. The van der Waals surface area contributed by atoms with Crippen LogP contribution in [-0.4, -0.2) is 24.1 Å². The fourth-order valence-corrected chi connectivity index (χ4v) is 10.5. The van der Waals surface area contributed by atoms with Crippen molar-refractivity contribution in [1.29, 1.82) is 0 Å². The Morgan fingerprint density at radius 2 is 0.697 bits per heavy atom. The first-order valence-electron chi connectivity index (χ1n) is 22.4. The summed E-state index contributed by atoms with van der Waals surface area (Å²) in [6.07, 6.45) is 0. The number of benzene rings is 11. The minimum Gasteiger partial charge on any atom is -0.309 e. The van der Waals surface area contributed by atoms with Crippen molar-refractivity contribution in [3.63, 3.8) is 0 Å². The van der Waals surface area contributed by atoms with Gasteiger partial charge in [-0.1, -0.05) is 176 Å². The molecule has 0 bridgehead atoms. The van der Waals surface area contributed by atoms with Crippen LogP contribution in [0.1, 0.15) is 0 Å². The Morgan fingerprint density at radius 1 is 0.258 bits per heavy atom. The Balaban J connectivity index is 0.945. The molecule has 0 atom stereocenters. The van der Waals surface area contributed by atoms with E-state index in [9.17, 15) is 0 Å². The van der Waals surface area contributed by atoms with Gasteiger partial charge in [-0.25, -0.2) is 4.98 Å². The molecule has 0 aliphatic rings. The van der Waals surface area contributed by atoms with E-state index in [2.05, 4.69) is 234 Å². The third-order valence-corrected chi connectivity index (χ3v) is 13.5. The second kappa shape index (κ2) is 14.3. The average Bonchev–Trinajstić information content (AvgIpc) is 3.90. The van der Waals surface area contributed by atoms with E-state index in [1.165, 1.54) is 43.4 Å². The van der Waals surface area contributed by atoms with Crippen LogP contribution >= 0.6 is 0 Å². The van der Waals surface area contributed by atoms with Crippen molar-refractivity contribution in [2.45, 2.75) is 0 Å². The van der Waals surface area contributed by atoms with Crippen molar-refractivity contribution in [2.24, 2.45) is 0 Å². The molecule has 0 N–H and O–H groups in total. The predicted molar refractivity (Wildman–Crippen MR) is 275 cm³/mol. The molecule has 0 saturated carbocycles. The number of rotatable bonds is 5. The third-order valence-electron chi connectivity index (χ3n) is 13.5. The van der Waals surface area contributed by atoms with Gasteiger partial charge < -0.3 is 4.57 Å². The van der Waals surface area contributed by atoms with Crippen molar-refractivity contribution in [3.8, 4) is 45.5 Å². The highest BCUT2D eigenvalue weighted by Gasteiger charge is 2.21. The van der Waals surface area contributed by atoms with E-state index in [1.807, 2.05) is 0 Å². The minimum absolute atomic E-state index is 0.575. The van der Waals surface area contributed by atoms with Crippen LogP contribution in [0.4, 0.5) is 0 Å². The molecule has 0 fully saturated rings. The lowest BCUT2D eigenvalue weighted by Crippen LogP contribution is -2.06. The zero-order valence-corrected chi connectivity index (χ0v) is 35.6. The molecule has 3 aromatic heterocycles. The van der Waals surface area contributed by atoms with Gasteiger partial charge >= 0.3 is 0 Å². The summed E-state index contributed by atoms with van der Waals surface area (Å²) in [6.45, 7) is 0. The van der Waals surface area contributed by atoms with Gasteiger partial charge in [0.1, 0.15) is 0 Å². The van der Waals surface area contributed by atoms with Crippen LogP contribution in [0.15, 0.2) is 224 Å². The van der Waals surface area contributed by atoms with Crippen LogP contribution in [0.25, 0.3) is 132 Å².